The lowest BCUT2D eigenvalue weighted by Crippen LogP contribution is -2.15. The molecule has 0 atom stereocenters. The fourth-order valence-corrected chi connectivity index (χ4v) is 2.41. The molecular formula is C15H11ClN2O. The van der Waals surface area contributed by atoms with E-state index in [1.54, 1.807) is 6.07 Å². The Morgan fingerprint density at radius 1 is 1.11 bits per heavy atom. The molecular weight excluding hydrogens is 260 g/mol. The molecule has 0 fully saturated rings. The van der Waals surface area contributed by atoms with Crippen LogP contribution in [0.2, 0.25) is 5.02 Å². The van der Waals surface area contributed by atoms with Gasteiger partial charge in [-0.1, -0.05) is 29.8 Å². The number of para-hydroxylation sites is 1. The number of hydrogen-bond acceptors (Lipinski definition) is 2. The number of rotatable bonds is 1. The summed E-state index contributed by atoms with van der Waals surface area (Å²) in [5.41, 5.74) is 1.53. The van der Waals surface area contributed by atoms with Gasteiger partial charge in [0, 0.05) is 10.7 Å². The number of aryl methyl sites for hydroxylation is 1. The lowest BCUT2D eigenvalue weighted by atomic mass is 10.2. The lowest BCUT2D eigenvalue weighted by Gasteiger charge is -2.13. The molecule has 0 bridgehead atoms. The molecule has 1 aromatic heterocycles. The van der Waals surface area contributed by atoms with Crippen LogP contribution in [0.4, 0.5) is 0 Å². The van der Waals surface area contributed by atoms with Crippen LogP contribution in [0.25, 0.3) is 16.6 Å². The van der Waals surface area contributed by atoms with E-state index in [4.69, 9.17) is 11.6 Å². The highest BCUT2D eigenvalue weighted by Crippen LogP contribution is 2.20. The van der Waals surface area contributed by atoms with Crippen LogP contribution in [-0.4, -0.2) is 9.55 Å². The summed E-state index contributed by atoms with van der Waals surface area (Å²) in [7, 11) is 0. The minimum atomic E-state index is -0.202. The molecule has 0 amide bonds. The highest BCUT2D eigenvalue weighted by molar-refractivity contribution is 6.30. The first-order valence-electron chi connectivity index (χ1n) is 5.91. The quantitative estimate of drug-likeness (QED) is 0.680. The van der Waals surface area contributed by atoms with Gasteiger partial charge in [-0.05, 0) is 37.3 Å². The largest absolute Gasteiger partial charge is 0.298 e. The van der Waals surface area contributed by atoms with Crippen molar-refractivity contribution in [1.29, 1.82) is 0 Å². The minimum absolute atomic E-state index is 0.202. The van der Waals surface area contributed by atoms with Crippen LogP contribution in [-0.2, 0) is 0 Å². The van der Waals surface area contributed by atoms with E-state index in [1.165, 1.54) is 0 Å². The lowest BCUT2D eigenvalue weighted by molar-refractivity contribution is 0.933. The van der Waals surface area contributed by atoms with Gasteiger partial charge in [-0.15, -0.1) is 0 Å². The molecule has 2 aromatic carbocycles. The first-order valence-corrected chi connectivity index (χ1v) is 6.29. The van der Waals surface area contributed by atoms with Gasteiger partial charge in [0.05, 0.1) is 10.9 Å². The molecule has 3 rings (SSSR count). The highest BCUT2D eigenvalue weighted by Gasteiger charge is 2.08. The summed E-state index contributed by atoms with van der Waals surface area (Å²) in [4.78, 5) is 16.0. The number of aromatic nitrogens is 2. The first-order chi connectivity index (χ1) is 9.16. The van der Waals surface area contributed by atoms with Crippen LogP contribution in [0.1, 0.15) is 5.82 Å². The Morgan fingerprint density at radius 2 is 1.89 bits per heavy atom. The second kappa shape index (κ2) is 4.52. The van der Waals surface area contributed by atoms with Gasteiger partial charge in [0.2, 0.25) is 0 Å². The van der Waals surface area contributed by atoms with Crippen LogP contribution in [0, 0.1) is 6.92 Å². The van der Waals surface area contributed by atoms with E-state index in [2.05, 4.69) is 4.98 Å². The molecule has 3 aromatic rings. The fourth-order valence-electron chi connectivity index (χ4n) is 2.22. The monoisotopic (exact) mass is 270 g/mol. The third-order valence-electron chi connectivity index (χ3n) is 3.03. The molecule has 0 aliphatic heterocycles. The van der Waals surface area contributed by atoms with Crippen LogP contribution < -0.4 is 5.56 Å². The summed E-state index contributed by atoms with van der Waals surface area (Å²) < 4.78 is 1.93. The van der Waals surface area contributed by atoms with E-state index in [9.17, 15) is 4.79 Å². The maximum atomic E-state index is 11.9. The van der Waals surface area contributed by atoms with Gasteiger partial charge in [0.1, 0.15) is 5.82 Å². The molecule has 1 heterocycles. The number of hydrogen-bond donors (Lipinski definition) is 0. The standard InChI is InChI=1S/C15H11ClN2O/c1-10-17-15(19)13-7-2-3-8-14(13)18(10)12-6-4-5-11(16)9-12/h2-9H,1H3. The van der Waals surface area contributed by atoms with Gasteiger partial charge >= 0.3 is 0 Å². The summed E-state index contributed by atoms with van der Waals surface area (Å²) in [6, 6.07) is 14.9. The third-order valence-corrected chi connectivity index (χ3v) is 3.26. The van der Waals surface area contributed by atoms with E-state index in [0.29, 0.717) is 16.2 Å². The van der Waals surface area contributed by atoms with Crippen molar-refractivity contribution in [3.8, 4) is 5.69 Å². The average molecular weight is 271 g/mol. The van der Waals surface area contributed by atoms with Gasteiger partial charge in [-0.2, -0.15) is 4.98 Å². The Hall–Kier alpha value is -2.13. The van der Waals surface area contributed by atoms with Gasteiger partial charge in [-0.3, -0.25) is 9.36 Å². The number of halogens is 1. The molecule has 0 saturated carbocycles. The van der Waals surface area contributed by atoms with Crippen LogP contribution in [0.5, 0.6) is 0 Å². The SMILES string of the molecule is Cc1nc(=O)c2ccccc2n1-c1cccc(Cl)c1. The summed E-state index contributed by atoms with van der Waals surface area (Å²) in [6.45, 7) is 1.81. The Balaban J connectivity index is 2.44. The number of benzene rings is 2. The first kappa shape index (κ1) is 11.9. The maximum absolute atomic E-state index is 11.9. The van der Waals surface area contributed by atoms with Gasteiger partial charge in [-0.25, -0.2) is 0 Å². The molecule has 0 saturated heterocycles. The molecule has 0 N–H and O–H groups in total. The predicted molar refractivity (Wildman–Crippen MR) is 77.1 cm³/mol. The second-order valence-corrected chi connectivity index (χ2v) is 4.73. The summed E-state index contributed by atoms with van der Waals surface area (Å²) in [5, 5.41) is 1.26. The Bertz CT molecular complexity index is 824. The van der Waals surface area contributed by atoms with Crippen molar-refractivity contribution in [2.24, 2.45) is 0 Å². The molecule has 0 aliphatic carbocycles. The zero-order valence-electron chi connectivity index (χ0n) is 10.3. The summed E-state index contributed by atoms with van der Waals surface area (Å²) >= 11 is 6.03. The average Bonchev–Trinajstić information content (AvgIpc) is 2.39. The van der Waals surface area contributed by atoms with E-state index < -0.39 is 0 Å². The van der Waals surface area contributed by atoms with Crippen molar-refractivity contribution in [3.63, 3.8) is 0 Å². The predicted octanol–water partition coefficient (Wildman–Crippen LogP) is 3.35. The van der Waals surface area contributed by atoms with E-state index in [-0.39, 0.29) is 5.56 Å². The smallest absolute Gasteiger partial charge is 0.280 e. The zero-order valence-corrected chi connectivity index (χ0v) is 11.1. The van der Waals surface area contributed by atoms with E-state index in [1.807, 2.05) is 54.0 Å². The number of nitrogens with zero attached hydrogens (tertiary/aromatic N) is 2. The molecule has 0 unspecified atom stereocenters. The van der Waals surface area contributed by atoms with E-state index in [0.717, 1.165) is 11.2 Å². The van der Waals surface area contributed by atoms with Gasteiger partial charge < -0.3 is 0 Å². The Morgan fingerprint density at radius 3 is 2.68 bits per heavy atom. The topological polar surface area (TPSA) is 34.9 Å². The Kier molecular flexibility index (Phi) is 2.84. The van der Waals surface area contributed by atoms with Crippen molar-refractivity contribution in [2.45, 2.75) is 6.92 Å². The maximum Gasteiger partial charge on any atom is 0.280 e. The number of fused-ring (bicyclic) bond motifs is 1. The molecule has 0 radical (unpaired) electrons. The van der Waals surface area contributed by atoms with Crippen molar-refractivity contribution in [3.05, 3.63) is 69.7 Å². The van der Waals surface area contributed by atoms with Crippen molar-refractivity contribution in [2.75, 3.05) is 0 Å². The van der Waals surface area contributed by atoms with Crippen LogP contribution >= 0.6 is 11.6 Å². The molecule has 0 aliphatic rings. The molecule has 94 valence electrons. The van der Waals surface area contributed by atoms with Crippen molar-refractivity contribution >= 4 is 22.5 Å². The molecule has 3 nitrogen and oxygen atoms in total. The molecule has 0 spiro atoms. The highest BCUT2D eigenvalue weighted by atomic mass is 35.5. The van der Waals surface area contributed by atoms with Crippen molar-refractivity contribution < 1.29 is 0 Å². The minimum Gasteiger partial charge on any atom is -0.298 e. The van der Waals surface area contributed by atoms with Gasteiger partial charge in [0.15, 0.2) is 0 Å². The zero-order chi connectivity index (χ0) is 13.4. The summed E-state index contributed by atoms with van der Waals surface area (Å²) in [6.07, 6.45) is 0. The normalized spacial score (nSPS) is 10.8. The fraction of sp³-hybridized carbons (Fsp3) is 0.0667. The second-order valence-electron chi connectivity index (χ2n) is 4.30. The third kappa shape index (κ3) is 2.02. The Labute approximate surface area is 115 Å². The van der Waals surface area contributed by atoms with Crippen LogP contribution in [0.3, 0.4) is 0 Å². The van der Waals surface area contributed by atoms with Gasteiger partial charge in [0.25, 0.3) is 5.56 Å². The molecule has 19 heavy (non-hydrogen) atoms. The van der Waals surface area contributed by atoms with Crippen LogP contribution in [0.15, 0.2) is 53.3 Å². The summed E-state index contributed by atoms with van der Waals surface area (Å²) in [5.74, 6) is 0.644. The van der Waals surface area contributed by atoms with Crippen molar-refractivity contribution in [1.82, 2.24) is 9.55 Å². The molecule has 4 heteroatoms. The van der Waals surface area contributed by atoms with E-state index >= 15 is 0 Å².